The van der Waals surface area contributed by atoms with Gasteiger partial charge in [-0.1, -0.05) is 0 Å². The molecule has 1 fully saturated rings. The van der Waals surface area contributed by atoms with Gasteiger partial charge in [0, 0.05) is 18.0 Å². The topological polar surface area (TPSA) is 74.3 Å². The molecule has 1 aromatic rings. The monoisotopic (exact) mass is 222 g/mol. The van der Waals surface area contributed by atoms with Gasteiger partial charge < -0.3 is 15.0 Å². The van der Waals surface area contributed by atoms with Gasteiger partial charge >= 0.3 is 5.97 Å². The molecule has 0 unspecified atom stereocenters. The molecule has 86 valence electrons. The van der Waals surface area contributed by atoms with Crippen LogP contribution in [0.15, 0.2) is 23.1 Å². The number of ether oxygens (including phenoxy) is 1. The Balaban J connectivity index is 1.99. The second kappa shape index (κ2) is 4.38. The summed E-state index contributed by atoms with van der Waals surface area (Å²) in [5.74, 6) is -0.377. The summed E-state index contributed by atoms with van der Waals surface area (Å²) in [6.45, 7) is -0.0691. The fourth-order valence-corrected chi connectivity index (χ4v) is 1.52. The zero-order valence-corrected chi connectivity index (χ0v) is 8.89. The van der Waals surface area contributed by atoms with E-state index in [-0.39, 0.29) is 24.2 Å². The van der Waals surface area contributed by atoms with Crippen LogP contribution in [0.5, 0.6) is 0 Å². The van der Waals surface area contributed by atoms with Gasteiger partial charge in [-0.2, -0.15) is 0 Å². The first kappa shape index (κ1) is 10.7. The van der Waals surface area contributed by atoms with Gasteiger partial charge in [0.05, 0.1) is 0 Å². The summed E-state index contributed by atoms with van der Waals surface area (Å²) in [7, 11) is 0. The number of nitrogens with two attached hydrogens (primary N) is 1. The first-order chi connectivity index (χ1) is 7.65. The number of carbonyl (C=O) groups excluding carboxylic acids is 1. The van der Waals surface area contributed by atoms with Gasteiger partial charge in [-0.05, 0) is 25.3 Å². The highest BCUT2D eigenvalue weighted by Gasteiger charge is 2.21. The summed E-state index contributed by atoms with van der Waals surface area (Å²) in [5, 5.41) is 0. The molecule has 1 heterocycles. The van der Waals surface area contributed by atoms with Gasteiger partial charge in [-0.15, -0.1) is 0 Å². The number of aromatic nitrogens is 1. The Morgan fingerprint density at radius 2 is 2.25 bits per heavy atom. The molecule has 1 aromatic heterocycles. The van der Waals surface area contributed by atoms with E-state index in [1.165, 1.54) is 22.9 Å². The van der Waals surface area contributed by atoms with E-state index in [1.54, 1.807) is 0 Å². The van der Waals surface area contributed by atoms with Crippen molar-refractivity contribution in [1.82, 2.24) is 4.57 Å². The fraction of sp³-hybridized carbons (Fsp3) is 0.455. The number of nitrogens with zero attached hydrogens (tertiary/aromatic N) is 1. The summed E-state index contributed by atoms with van der Waals surface area (Å²) < 4.78 is 6.41. The van der Waals surface area contributed by atoms with Gasteiger partial charge in [-0.3, -0.25) is 9.59 Å². The van der Waals surface area contributed by atoms with E-state index in [4.69, 9.17) is 10.5 Å². The number of nitrogen functional groups attached to an aromatic ring is 1. The number of anilines is 1. The maximum absolute atomic E-state index is 11.5. The van der Waals surface area contributed by atoms with Crippen LogP contribution in [0.25, 0.3) is 0 Å². The van der Waals surface area contributed by atoms with Crippen molar-refractivity contribution < 1.29 is 9.53 Å². The molecule has 5 nitrogen and oxygen atoms in total. The molecule has 2 rings (SSSR count). The molecule has 0 radical (unpaired) electrons. The Labute approximate surface area is 92.8 Å². The summed E-state index contributed by atoms with van der Waals surface area (Å²) >= 11 is 0. The third-order valence-corrected chi connectivity index (χ3v) is 2.66. The lowest BCUT2D eigenvalue weighted by molar-refractivity contribution is -0.153. The van der Waals surface area contributed by atoms with Gasteiger partial charge in [0.2, 0.25) is 0 Å². The Bertz CT molecular complexity index is 449. The average molecular weight is 222 g/mol. The van der Waals surface area contributed by atoms with E-state index < -0.39 is 0 Å². The number of carbonyl (C=O) groups is 1. The van der Waals surface area contributed by atoms with Crippen molar-refractivity contribution in [3.8, 4) is 0 Å². The predicted octanol–water partition coefficient (Wildman–Crippen LogP) is 0.526. The van der Waals surface area contributed by atoms with Crippen molar-refractivity contribution in [1.29, 1.82) is 0 Å². The van der Waals surface area contributed by atoms with Crippen molar-refractivity contribution in [2.45, 2.75) is 31.9 Å². The molecule has 2 N–H and O–H groups in total. The summed E-state index contributed by atoms with van der Waals surface area (Å²) in [6.07, 6.45) is 4.46. The highest BCUT2D eigenvalue weighted by Crippen LogP contribution is 2.21. The third-order valence-electron chi connectivity index (χ3n) is 2.66. The van der Waals surface area contributed by atoms with Crippen molar-refractivity contribution >= 4 is 11.7 Å². The zero-order chi connectivity index (χ0) is 11.5. The van der Waals surface area contributed by atoms with Crippen molar-refractivity contribution in [2.24, 2.45) is 0 Å². The molecule has 1 aliphatic rings. The first-order valence-electron chi connectivity index (χ1n) is 5.30. The van der Waals surface area contributed by atoms with E-state index in [1.807, 2.05) is 0 Å². The minimum atomic E-state index is -0.377. The van der Waals surface area contributed by atoms with Crippen LogP contribution in [0, 0.1) is 0 Å². The third kappa shape index (κ3) is 2.42. The molecule has 0 aliphatic heterocycles. The minimum absolute atomic E-state index is 0.0456. The molecule has 0 aromatic carbocycles. The Morgan fingerprint density at radius 3 is 2.88 bits per heavy atom. The maximum atomic E-state index is 11.5. The van der Waals surface area contributed by atoms with Crippen LogP contribution >= 0.6 is 0 Å². The normalized spacial score (nSPS) is 15.5. The quantitative estimate of drug-likeness (QED) is 0.757. The van der Waals surface area contributed by atoms with Crippen LogP contribution < -0.4 is 11.3 Å². The summed E-state index contributed by atoms with van der Waals surface area (Å²) in [6, 6.07) is 2.85. The maximum Gasteiger partial charge on any atom is 0.326 e. The van der Waals surface area contributed by atoms with Crippen LogP contribution in [0.3, 0.4) is 0 Å². The molecule has 0 spiro atoms. The fourth-order valence-electron chi connectivity index (χ4n) is 1.52. The van der Waals surface area contributed by atoms with Crippen molar-refractivity contribution in [3.63, 3.8) is 0 Å². The molecule has 0 saturated heterocycles. The molecule has 1 aliphatic carbocycles. The van der Waals surface area contributed by atoms with Crippen LogP contribution in [0.4, 0.5) is 5.69 Å². The second-order valence-electron chi connectivity index (χ2n) is 3.97. The van der Waals surface area contributed by atoms with E-state index in [0.717, 1.165) is 19.3 Å². The van der Waals surface area contributed by atoms with Gasteiger partial charge in [0.15, 0.2) is 0 Å². The molecule has 1 saturated carbocycles. The molecule has 0 bridgehead atoms. The minimum Gasteiger partial charge on any atom is -0.461 e. The lowest BCUT2D eigenvalue weighted by Gasteiger charge is -2.25. The largest absolute Gasteiger partial charge is 0.461 e. The van der Waals surface area contributed by atoms with E-state index in [2.05, 4.69) is 0 Å². The average Bonchev–Trinajstić information content (AvgIpc) is 2.18. The van der Waals surface area contributed by atoms with E-state index in [0.29, 0.717) is 5.69 Å². The number of esters is 1. The molecule has 0 atom stereocenters. The summed E-state index contributed by atoms with van der Waals surface area (Å²) in [5.41, 5.74) is 5.73. The lowest BCUT2D eigenvalue weighted by atomic mass is 9.96. The molecule has 0 amide bonds. The molecule has 16 heavy (non-hydrogen) atoms. The first-order valence-corrected chi connectivity index (χ1v) is 5.30. The van der Waals surface area contributed by atoms with Gasteiger partial charge in [0.1, 0.15) is 12.6 Å². The number of hydrogen-bond donors (Lipinski definition) is 1. The summed E-state index contributed by atoms with van der Waals surface area (Å²) in [4.78, 5) is 22.8. The SMILES string of the molecule is Nc1ccc(=O)n(CC(=O)OC2CCC2)c1. The Morgan fingerprint density at radius 1 is 1.50 bits per heavy atom. The molecule has 5 heteroatoms. The number of hydrogen-bond acceptors (Lipinski definition) is 4. The molecular formula is C11H14N2O3. The van der Waals surface area contributed by atoms with Gasteiger partial charge in [0.25, 0.3) is 5.56 Å². The van der Waals surface area contributed by atoms with Crippen LogP contribution in [0.2, 0.25) is 0 Å². The highest BCUT2D eigenvalue weighted by atomic mass is 16.5. The Hall–Kier alpha value is -1.78. The van der Waals surface area contributed by atoms with Crippen molar-refractivity contribution in [3.05, 3.63) is 28.7 Å². The van der Waals surface area contributed by atoms with Crippen LogP contribution in [-0.4, -0.2) is 16.6 Å². The standard InChI is InChI=1S/C11H14N2O3/c12-8-4-5-10(14)13(6-8)7-11(15)16-9-2-1-3-9/h4-6,9H,1-3,7,12H2. The lowest BCUT2D eigenvalue weighted by Crippen LogP contribution is -2.30. The number of rotatable bonds is 3. The van der Waals surface area contributed by atoms with E-state index in [9.17, 15) is 9.59 Å². The predicted molar refractivity (Wildman–Crippen MR) is 58.8 cm³/mol. The zero-order valence-electron chi connectivity index (χ0n) is 8.89. The van der Waals surface area contributed by atoms with Crippen LogP contribution in [-0.2, 0) is 16.1 Å². The van der Waals surface area contributed by atoms with Crippen molar-refractivity contribution in [2.75, 3.05) is 5.73 Å². The van der Waals surface area contributed by atoms with Gasteiger partial charge in [-0.25, -0.2) is 0 Å². The Kier molecular flexibility index (Phi) is 2.94. The highest BCUT2D eigenvalue weighted by molar-refractivity contribution is 5.69. The molecular weight excluding hydrogens is 208 g/mol. The van der Waals surface area contributed by atoms with Crippen LogP contribution in [0.1, 0.15) is 19.3 Å². The smallest absolute Gasteiger partial charge is 0.326 e. The van der Waals surface area contributed by atoms with E-state index >= 15 is 0 Å². The number of pyridine rings is 1. The second-order valence-corrected chi connectivity index (χ2v) is 3.97.